The third-order valence-electron chi connectivity index (χ3n) is 4.10. The van der Waals surface area contributed by atoms with Crippen molar-refractivity contribution in [2.24, 2.45) is 0 Å². The van der Waals surface area contributed by atoms with E-state index in [4.69, 9.17) is 11.6 Å². The highest BCUT2D eigenvalue weighted by Gasteiger charge is 2.23. The van der Waals surface area contributed by atoms with E-state index in [1.807, 2.05) is 30.1 Å². The summed E-state index contributed by atoms with van der Waals surface area (Å²) < 4.78 is 2.37. The Hall–Kier alpha value is -1.41. The Kier molecular flexibility index (Phi) is 4.72. The van der Waals surface area contributed by atoms with E-state index in [1.165, 1.54) is 4.57 Å². The van der Waals surface area contributed by atoms with Crippen molar-refractivity contribution < 1.29 is 4.79 Å². The van der Waals surface area contributed by atoms with Gasteiger partial charge in [0.2, 0.25) is 5.91 Å². The number of hydrazine groups is 1. The number of benzene rings is 1. The molecule has 1 aromatic carbocycles. The summed E-state index contributed by atoms with van der Waals surface area (Å²) in [6, 6.07) is 5.32. The molecule has 6 nitrogen and oxygen atoms in total. The van der Waals surface area contributed by atoms with Crippen LogP contribution in [-0.2, 0) is 11.3 Å². The van der Waals surface area contributed by atoms with Gasteiger partial charge in [-0.2, -0.15) is 0 Å². The molecule has 0 unspecified atom stereocenters. The Balaban J connectivity index is 1.75. The monoisotopic (exact) mass is 354 g/mol. The van der Waals surface area contributed by atoms with Crippen molar-refractivity contribution in [2.45, 2.75) is 6.54 Å². The van der Waals surface area contributed by atoms with Crippen LogP contribution in [0.1, 0.15) is 0 Å². The highest BCUT2D eigenvalue weighted by atomic mass is 35.5. The van der Waals surface area contributed by atoms with Gasteiger partial charge in [-0.3, -0.25) is 14.2 Å². The van der Waals surface area contributed by atoms with E-state index in [0.29, 0.717) is 18.1 Å². The molecule has 1 fully saturated rings. The number of amides is 1. The molecule has 124 valence electrons. The minimum Gasteiger partial charge on any atom is -0.338 e. The molecule has 1 amide bonds. The fourth-order valence-electron chi connectivity index (χ4n) is 2.77. The van der Waals surface area contributed by atoms with Crippen molar-refractivity contribution in [3.63, 3.8) is 0 Å². The number of piperazine rings is 1. The third-order valence-corrected chi connectivity index (χ3v) is 5.29. The molecule has 2 heterocycles. The van der Waals surface area contributed by atoms with Crippen LogP contribution in [-0.4, -0.2) is 65.7 Å². The van der Waals surface area contributed by atoms with Crippen LogP contribution in [0.3, 0.4) is 0 Å². The Bertz CT molecular complexity index is 777. The SMILES string of the molecule is CN(C)N1CCN(C(=O)Cn2c(=O)sc3ccc(Cl)cc32)CC1. The van der Waals surface area contributed by atoms with Crippen molar-refractivity contribution in [1.29, 1.82) is 0 Å². The smallest absolute Gasteiger partial charge is 0.308 e. The zero-order valence-electron chi connectivity index (χ0n) is 13.2. The number of nitrogens with zero attached hydrogens (tertiary/aromatic N) is 4. The summed E-state index contributed by atoms with van der Waals surface area (Å²) in [4.78, 5) is 26.4. The number of thiazole rings is 1. The van der Waals surface area contributed by atoms with Crippen molar-refractivity contribution in [3.8, 4) is 0 Å². The zero-order valence-corrected chi connectivity index (χ0v) is 14.7. The molecule has 23 heavy (non-hydrogen) atoms. The highest BCUT2D eigenvalue weighted by molar-refractivity contribution is 7.16. The lowest BCUT2D eigenvalue weighted by Crippen LogP contribution is -2.53. The second-order valence-corrected chi connectivity index (χ2v) is 7.18. The lowest BCUT2D eigenvalue weighted by Gasteiger charge is -2.37. The highest BCUT2D eigenvalue weighted by Crippen LogP contribution is 2.21. The van der Waals surface area contributed by atoms with Gasteiger partial charge in [-0.05, 0) is 18.2 Å². The number of carbonyl (C=O) groups is 1. The van der Waals surface area contributed by atoms with Crippen molar-refractivity contribution in [2.75, 3.05) is 40.3 Å². The largest absolute Gasteiger partial charge is 0.338 e. The molecule has 0 spiro atoms. The fraction of sp³-hybridized carbons (Fsp3) is 0.467. The fourth-order valence-corrected chi connectivity index (χ4v) is 3.80. The second-order valence-electron chi connectivity index (χ2n) is 5.75. The lowest BCUT2D eigenvalue weighted by molar-refractivity contribution is -0.136. The summed E-state index contributed by atoms with van der Waals surface area (Å²) in [6.45, 7) is 3.04. The molecule has 8 heteroatoms. The predicted octanol–water partition coefficient (Wildman–Crippen LogP) is 1.34. The maximum Gasteiger partial charge on any atom is 0.308 e. The first kappa shape index (κ1) is 16.4. The molecule has 0 aliphatic carbocycles. The number of carbonyl (C=O) groups excluding carboxylic acids is 1. The molecule has 1 saturated heterocycles. The molecule has 0 atom stereocenters. The molecule has 0 radical (unpaired) electrons. The summed E-state index contributed by atoms with van der Waals surface area (Å²) in [5.74, 6) is -0.0230. The predicted molar refractivity (Wildman–Crippen MR) is 92.9 cm³/mol. The first-order valence-corrected chi connectivity index (χ1v) is 8.64. The summed E-state index contributed by atoms with van der Waals surface area (Å²) in [5, 5.41) is 4.80. The Morgan fingerprint density at radius 1 is 1.26 bits per heavy atom. The van der Waals surface area contributed by atoms with Crippen LogP contribution >= 0.6 is 22.9 Å². The maximum absolute atomic E-state index is 12.5. The van der Waals surface area contributed by atoms with Gasteiger partial charge >= 0.3 is 4.87 Å². The summed E-state index contributed by atoms with van der Waals surface area (Å²) in [7, 11) is 4.00. The number of hydrogen-bond donors (Lipinski definition) is 0. The van der Waals surface area contributed by atoms with Gasteiger partial charge in [-0.25, -0.2) is 10.0 Å². The minimum atomic E-state index is -0.123. The molecule has 3 rings (SSSR count). The number of fused-ring (bicyclic) bond motifs is 1. The first-order valence-electron chi connectivity index (χ1n) is 7.44. The molecule has 0 N–H and O–H groups in total. The Morgan fingerprint density at radius 3 is 2.61 bits per heavy atom. The van der Waals surface area contributed by atoms with Crippen LogP contribution in [0.15, 0.2) is 23.0 Å². The van der Waals surface area contributed by atoms with Crippen molar-refractivity contribution in [3.05, 3.63) is 32.9 Å². The molecule has 1 aliphatic heterocycles. The van der Waals surface area contributed by atoms with E-state index in [1.54, 1.807) is 12.1 Å². The molecule has 1 aliphatic rings. The average molecular weight is 355 g/mol. The minimum absolute atomic E-state index is 0.0230. The van der Waals surface area contributed by atoms with Crippen LogP contribution in [0, 0.1) is 0 Å². The molecule has 0 bridgehead atoms. The van der Waals surface area contributed by atoms with Gasteiger partial charge in [0, 0.05) is 45.3 Å². The van der Waals surface area contributed by atoms with Crippen molar-refractivity contribution in [1.82, 2.24) is 19.5 Å². The van der Waals surface area contributed by atoms with Crippen molar-refractivity contribution >= 4 is 39.1 Å². The third kappa shape index (κ3) is 3.42. The zero-order chi connectivity index (χ0) is 16.6. The van der Waals surface area contributed by atoms with Gasteiger partial charge in [0.05, 0.1) is 10.2 Å². The Morgan fingerprint density at radius 2 is 1.96 bits per heavy atom. The molecule has 2 aromatic rings. The standard InChI is InChI=1S/C15H19ClN4O2S/c1-17(2)19-7-5-18(6-8-19)14(21)10-20-12-9-11(16)3-4-13(12)23-15(20)22/h3-4,9H,5-8,10H2,1-2H3. The molecular formula is C15H19ClN4O2S. The quantitative estimate of drug-likeness (QED) is 0.834. The number of halogens is 1. The van der Waals surface area contributed by atoms with Crippen LogP contribution in [0.2, 0.25) is 5.02 Å². The van der Waals surface area contributed by atoms with E-state index < -0.39 is 0 Å². The Labute approximate surface area is 143 Å². The van der Waals surface area contributed by atoms with Gasteiger partial charge in [-0.15, -0.1) is 0 Å². The second kappa shape index (κ2) is 6.60. The number of aromatic nitrogens is 1. The van der Waals surface area contributed by atoms with Crippen LogP contribution < -0.4 is 4.87 Å². The maximum atomic E-state index is 12.5. The van der Waals surface area contributed by atoms with E-state index >= 15 is 0 Å². The number of hydrogen-bond acceptors (Lipinski definition) is 5. The normalized spacial score (nSPS) is 16.4. The lowest BCUT2D eigenvalue weighted by atomic mass is 10.3. The van der Waals surface area contributed by atoms with Gasteiger partial charge in [0.25, 0.3) is 0 Å². The molecular weight excluding hydrogens is 336 g/mol. The summed E-state index contributed by atoms with van der Waals surface area (Å²) in [5.41, 5.74) is 0.729. The summed E-state index contributed by atoms with van der Waals surface area (Å²) >= 11 is 7.16. The summed E-state index contributed by atoms with van der Waals surface area (Å²) in [6.07, 6.45) is 0. The molecule has 0 saturated carbocycles. The van der Waals surface area contributed by atoms with E-state index in [0.717, 1.165) is 34.6 Å². The van der Waals surface area contributed by atoms with Gasteiger partial charge in [-0.1, -0.05) is 22.9 Å². The molecule has 1 aromatic heterocycles. The van der Waals surface area contributed by atoms with E-state index in [-0.39, 0.29) is 17.3 Å². The van der Waals surface area contributed by atoms with Gasteiger partial charge < -0.3 is 4.90 Å². The van der Waals surface area contributed by atoms with E-state index in [9.17, 15) is 9.59 Å². The average Bonchev–Trinajstić information content (AvgIpc) is 2.83. The first-order chi connectivity index (χ1) is 11.0. The van der Waals surface area contributed by atoms with Gasteiger partial charge in [0.15, 0.2) is 0 Å². The van der Waals surface area contributed by atoms with Crippen LogP contribution in [0.5, 0.6) is 0 Å². The van der Waals surface area contributed by atoms with E-state index in [2.05, 4.69) is 5.01 Å². The van der Waals surface area contributed by atoms with Crippen LogP contribution in [0.4, 0.5) is 0 Å². The van der Waals surface area contributed by atoms with Crippen LogP contribution in [0.25, 0.3) is 10.2 Å². The topological polar surface area (TPSA) is 48.8 Å². The number of rotatable bonds is 3. The van der Waals surface area contributed by atoms with Gasteiger partial charge in [0.1, 0.15) is 6.54 Å².